The molecule has 3 aromatic rings. The zero-order chi connectivity index (χ0) is 22.7. The summed E-state index contributed by atoms with van der Waals surface area (Å²) >= 11 is 1.60. The number of nitrogens with zero attached hydrogens (tertiary/aromatic N) is 4. The van der Waals surface area contributed by atoms with Gasteiger partial charge in [0.1, 0.15) is 5.69 Å². The highest BCUT2D eigenvalue weighted by molar-refractivity contribution is 7.09. The van der Waals surface area contributed by atoms with Gasteiger partial charge in [-0.25, -0.2) is 0 Å². The lowest BCUT2D eigenvalue weighted by Gasteiger charge is -2.34. The van der Waals surface area contributed by atoms with Crippen LogP contribution in [0.5, 0.6) is 0 Å². The fraction of sp³-hybridized carbons (Fsp3) is 0.304. The summed E-state index contributed by atoms with van der Waals surface area (Å²) < 4.78 is 1.87. The Kier molecular flexibility index (Phi) is 6.48. The molecule has 0 unspecified atom stereocenters. The highest BCUT2D eigenvalue weighted by atomic mass is 32.1. The van der Waals surface area contributed by atoms with Gasteiger partial charge in [-0.1, -0.05) is 12.1 Å². The molecule has 9 heteroatoms. The molecule has 0 radical (unpaired) electrons. The van der Waals surface area contributed by atoms with Gasteiger partial charge in [0.15, 0.2) is 5.78 Å². The third kappa shape index (κ3) is 4.63. The molecule has 1 saturated heterocycles. The Labute approximate surface area is 190 Å². The third-order valence-corrected chi connectivity index (χ3v) is 6.58. The van der Waals surface area contributed by atoms with Crippen molar-refractivity contribution >= 4 is 28.9 Å². The number of Topliss-reactive ketones (excluding diaryl/α,β-unsaturated/α-hetero) is 1. The molecule has 2 N–H and O–H groups in total. The zero-order valence-corrected chi connectivity index (χ0v) is 18.7. The Morgan fingerprint density at radius 1 is 1.09 bits per heavy atom. The van der Waals surface area contributed by atoms with Crippen molar-refractivity contribution in [1.82, 2.24) is 19.4 Å². The molecule has 32 heavy (non-hydrogen) atoms. The molecular weight excluding hydrogens is 426 g/mol. The monoisotopic (exact) mass is 451 g/mol. The van der Waals surface area contributed by atoms with Crippen LogP contribution >= 0.6 is 11.3 Å². The molecule has 0 aliphatic carbocycles. The van der Waals surface area contributed by atoms with Crippen molar-refractivity contribution in [3.8, 4) is 0 Å². The average molecular weight is 452 g/mol. The lowest BCUT2D eigenvalue weighted by Crippen LogP contribution is -2.50. The van der Waals surface area contributed by atoms with E-state index in [1.807, 2.05) is 33.9 Å². The fourth-order valence-electron chi connectivity index (χ4n) is 3.93. The molecule has 0 spiro atoms. The number of aromatic nitrogens is 2. The van der Waals surface area contributed by atoms with Gasteiger partial charge in [0, 0.05) is 42.9 Å². The first-order valence-corrected chi connectivity index (χ1v) is 11.3. The summed E-state index contributed by atoms with van der Waals surface area (Å²) in [7, 11) is 0. The van der Waals surface area contributed by atoms with Crippen LogP contribution in [0.3, 0.4) is 0 Å². The number of rotatable bonds is 7. The molecule has 0 atom stereocenters. The Morgan fingerprint density at radius 2 is 1.88 bits per heavy atom. The first kappa shape index (κ1) is 21.9. The van der Waals surface area contributed by atoms with E-state index in [-0.39, 0.29) is 18.2 Å². The molecule has 1 aliphatic rings. The minimum Gasteiger partial charge on any atom is -0.366 e. The molecule has 166 valence electrons. The van der Waals surface area contributed by atoms with Crippen LogP contribution in [0, 0.1) is 6.92 Å². The summed E-state index contributed by atoms with van der Waals surface area (Å²) in [5.41, 5.74) is 7.51. The summed E-state index contributed by atoms with van der Waals surface area (Å²) in [6.07, 6.45) is 1.61. The molecule has 8 nitrogen and oxygen atoms in total. The highest BCUT2D eigenvalue weighted by Gasteiger charge is 2.26. The number of primary amides is 1. The number of nitrogens with two attached hydrogens (primary N) is 1. The van der Waals surface area contributed by atoms with Crippen LogP contribution in [0.1, 0.15) is 41.9 Å². The lowest BCUT2D eigenvalue weighted by molar-refractivity contribution is 0.0617. The van der Waals surface area contributed by atoms with Crippen molar-refractivity contribution in [1.29, 1.82) is 0 Å². The van der Waals surface area contributed by atoms with E-state index in [2.05, 4.69) is 4.98 Å². The van der Waals surface area contributed by atoms with Crippen LogP contribution in [-0.2, 0) is 6.54 Å². The maximum atomic E-state index is 13.2. The number of hydrogen-bond acceptors (Lipinski definition) is 6. The van der Waals surface area contributed by atoms with Crippen molar-refractivity contribution in [2.45, 2.75) is 13.5 Å². The zero-order valence-electron chi connectivity index (χ0n) is 17.9. The van der Waals surface area contributed by atoms with Crippen LogP contribution in [0.15, 0.2) is 48.0 Å². The summed E-state index contributed by atoms with van der Waals surface area (Å²) in [6, 6.07) is 10.8. The Hall–Kier alpha value is -3.30. The van der Waals surface area contributed by atoms with Gasteiger partial charge in [0.2, 0.25) is 0 Å². The predicted octanol–water partition coefficient (Wildman–Crippen LogP) is 2.04. The number of hydrogen-bond donors (Lipinski definition) is 1. The van der Waals surface area contributed by atoms with E-state index >= 15 is 0 Å². The van der Waals surface area contributed by atoms with E-state index in [9.17, 15) is 14.4 Å². The minimum absolute atomic E-state index is 0.0679. The second-order valence-electron chi connectivity index (χ2n) is 7.76. The molecule has 2 amide bonds. The number of amides is 2. The maximum absolute atomic E-state index is 13.2. The first-order valence-electron chi connectivity index (χ1n) is 10.4. The number of ketones is 1. The fourth-order valence-corrected chi connectivity index (χ4v) is 4.62. The smallest absolute Gasteiger partial charge is 0.272 e. The van der Waals surface area contributed by atoms with Gasteiger partial charge in [-0.05, 0) is 36.6 Å². The third-order valence-electron chi connectivity index (χ3n) is 5.72. The summed E-state index contributed by atoms with van der Waals surface area (Å²) in [4.78, 5) is 46.7. The molecule has 1 fully saturated rings. The van der Waals surface area contributed by atoms with Crippen molar-refractivity contribution in [3.05, 3.63) is 75.5 Å². The van der Waals surface area contributed by atoms with Gasteiger partial charge in [-0.3, -0.25) is 24.3 Å². The van der Waals surface area contributed by atoms with Gasteiger partial charge in [-0.15, -0.1) is 11.3 Å². The number of carbonyl (C=O) groups is 3. The Morgan fingerprint density at radius 3 is 2.50 bits per heavy atom. The van der Waals surface area contributed by atoms with Crippen molar-refractivity contribution in [3.63, 3.8) is 0 Å². The van der Waals surface area contributed by atoms with Crippen LogP contribution in [-0.4, -0.2) is 69.7 Å². The van der Waals surface area contributed by atoms with Crippen LogP contribution < -0.4 is 5.73 Å². The summed E-state index contributed by atoms with van der Waals surface area (Å²) in [5.74, 6) is -0.701. The normalized spacial score (nSPS) is 14.5. The van der Waals surface area contributed by atoms with E-state index < -0.39 is 5.91 Å². The number of piperazine rings is 1. The van der Waals surface area contributed by atoms with E-state index in [0.29, 0.717) is 55.4 Å². The molecule has 0 bridgehead atoms. The molecule has 3 aromatic heterocycles. The number of carbonyl (C=O) groups excluding carboxylic acids is 3. The molecule has 1 aliphatic heterocycles. The Balaban J connectivity index is 1.44. The van der Waals surface area contributed by atoms with Crippen LogP contribution in [0.2, 0.25) is 0 Å². The number of thiophene rings is 1. The molecule has 0 aromatic carbocycles. The topological polar surface area (TPSA) is 102 Å². The number of pyridine rings is 1. The van der Waals surface area contributed by atoms with Gasteiger partial charge in [-0.2, -0.15) is 0 Å². The van der Waals surface area contributed by atoms with Crippen molar-refractivity contribution < 1.29 is 14.4 Å². The van der Waals surface area contributed by atoms with E-state index in [1.54, 1.807) is 46.7 Å². The molecule has 0 saturated carbocycles. The van der Waals surface area contributed by atoms with E-state index in [1.165, 1.54) is 0 Å². The minimum atomic E-state index is -0.539. The van der Waals surface area contributed by atoms with Gasteiger partial charge in [0.25, 0.3) is 11.8 Å². The Bertz CT molecular complexity index is 1120. The van der Waals surface area contributed by atoms with E-state index in [0.717, 1.165) is 4.88 Å². The molecular formula is C23H25N5O3S. The highest BCUT2D eigenvalue weighted by Crippen LogP contribution is 2.21. The van der Waals surface area contributed by atoms with E-state index in [4.69, 9.17) is 5.73 Å². The molecule has 4 rings (SSSR count). The first-order chi connectivity index (χ1) is 15.4. The lowest BCUT2D eigenvalue weighted by atomic mass is 10.2. The van der Waals surface area contributed by atoms with Gasteiger partial charge in [0.05, 0.1) is 24.3 Å². The predicted molar refractivity (Wildman–Crippen MR) is 122 cm³/mol. The second-order valence-corrected chi connectivity index (χ2v) is 8.80. The van der Waals surface area contributed by atoms with Gasteiger partial charge >= 0.3 is 0 Å². The quantitative estimate of drug-likeness (QED) is 0.554. The summed E-state index contributed by atoms with van der Waals surface area (Å²) in [6.45, 7) is 4.80. The van der Waals surface area contributed by atoms with Crippen LogP contribution in [0.4, 0.5) is 0 Å². The standard InChI is InChI=1S/C23H25N5O3S/c1-16-18(22(24)30)13-20(28(16)14-17-5-4-12-32-17)21(29)15-26-8-10-27(11-9-26)23(31)19-6-2-3-7-25-19/h2-7,12-13H,8-11,14-15H2,1H3,(H2,24,30). The SMILES string of the molecule is Cc1c(C(N)=O)cc(C(=O)CN2CCN(C(=O)c3ccccn3)CC2)n1Cc1cccs1. The van der Waals surface area contributed by atoms with Crippen molar-refractivity contribution in [2.75, 3.05) is 32.7 Å². The van der Waals surface area contributed by atoms with Crippen LogP contribution in [0.25, 0.3) is 0 Å². The molecule has 4 heterocycles. The van der Waals surface area contributed by atoms with Crippen molar-refractivity contribution in [2.24, 2.45) is 5.73 Å². The largest absolute Gasteiger partial charge is 0.366 e. The second kappa shape index (κ2) is 9.46. The van der Waals surface area contributed by atoms with Gasteiger partial charge < -0.3 is 15.2 Å². The average Bonchev–Trinajstić information content (AvgIpc) is 3.43. The maximum Gasteiger partial charge on any atom is 0.272 e. The summed E-state index contributed by atoms with van der Waals surface area (Å²) in [5, 5.41) is 1.98.